The number of ether oxygens (including phenoxy) is 1. The molecule has 4 aromatic rings. The van der Waals surface area contributed by atoms with Crippen LogP contribution in [-0.2, 0) is 0 Å². The lowest BCUT2D eigenvalue weighted by molar-refractivity contribution is 0.417. The molecule has 0 atom stereocenters. The molecular weight excluding hydrogens is 338 g/mol. The highest BCUT2D eigenvalue weighted by Crippen LogP contribution is 2.32. The fourth-order valence-corrected chi connectivity index (χ4v) is 2.77. The predicted octanol–water partition coefficient (Wildman–Crippen LogP) is 5.03. The number of anilines is 1. The molecule has 0 spiro atoms. The summed E-state index contributed by atoms with van der Waals surface area (Å²) in [5.41, 5.74) is 9.59. The summed E-state index contributed by atoms with van der Waals surface area (Å²) in [7, 11) is 1.55. The summed E-state index contributed by atoms with van der Waals surface area (Å²) >= 11 is 0. The van der Waals surface area contributed by atoms with E-state index in [0.29, 0.717) is 45.1 Å². The molecule has 0 saturated heterocycles. The fourth-order valence-electron chi connectivity index (χ4n) is 2.77. The molecule has 0 aliphatic rings. The maximum absolute atomic E-state index is 13.5. The molecule has 1 heterocycles. The second-order valence-electron chi connectivity index (χ2n) is 5.79. The Morgan fingerprint density at radius 2 is 1.62 bits per heavy atom. The lowest BCUT2D eigenvalue weighted by Gasteiger charge is -2.04. The quantitative estimate of drug-likeness (QED) is 0.525. The summed E-state index contributed by atoms with van der Waals surface area (Å²) in [5, 5.41) is 0. The fraction of sp³-hybridized carbons (Fsp3) is 0.0500. The summed E-state index contributed by atoms with van der Waals surface area (Å²) < 4.78 is 37.5. The molecule has 6 heteroatoms. The van der Waals surface area contributed by atoms with Crippen LogP contribution >= 0.6 is 0 Å². The molecule has 4 rings (SSSR count). The monoisotopic (exact) mass is 352 g/mol. The molecule has 26 heavy (non-hydrogen) atoms. The van der Waals surface area contributed by atoms with Crippen molar-refractivity contribution in [1.82, 2.24) is 4.98 Å². The summed E-state index contributed by atoms with van der Waals surface area (Å²) in [4.78, 5) is 4.47. The third-order valence-corrected chi connectivity index (χ3v) is 4.12. The third-order valence-electron chi connectivity index (χ3n) is 4.12. The highest BCUT2D eigenvalue weighted by atomic mass is 19.2. The molecule has 0 unspecified atom stereocenters. The number of nitrogens with zero attached hydrogens (tertiary/aromatic N) is 1. The number of methoxy groups -OCH3 is 1. The molecule has 0 bridgehead atoms. The van der Waals surface area contributed by atoms with Gasteiger partial charge in [0.1, 0.15) is 11.3 Å². The number of benzene rings is 3. The van der Waals surface area contributed by atoms with Crippen molar-refractivity contribution in [1.29, 1.82) is 0 Å². The Morgan fingerprint density at radius 1 is 0.885 bits per heavy atom. The summed E-state index contributed by atoms with van der Waals surface area (Å²) in [6, 6.07) is 14.3. The van der Waals surface area contributed by atoms with Gasteiger partial charge in [0.05, 0.1) is 12.8 Å². The predicted molar refractivity (Wildman–Crippen MR) is 95.8 cm³/mol. The molecule has 1 aromatic heterocycles. The molecule has 0 radical (unpaired) electrons. The van der Waals surface area contributed by atoms with Gasteiger partial charge in [-0.3, -0.25) is 0 Å². The highest BCUT2D eigenvalue weighted by molar-refractivity contribution is 5.82. The first-order chi connectivity index (χ1) is 12.5. The van der Waals surface area contributed by atoms with Crippen LogP contribution in [0.3, 0.4) is 0 Å². The van der Waals surface area contributed by atoms with Crippen molar-refractivity contribution in [3.63, 3.8) is 0 Å². The van der Waals surface area contributed by atoms with Gasteiger partial charge in [-0.1, -0.05) is 12.1 Å². The van der Waals surface area contributed by atoms with Crippen LogP contribution in [0.25, 0.3) is 33.7 Å². The Labute approximate surface area is 147 Å². The smallest absolute Gasteiger partial charge is 0.227 e. The first-order valence-electron chi connectivity index (χ1n) is 7.85. The minimum Gasteiger partial charge on any atom is -0.495 e. The Bertz CT molecular complexity index is 1120. The van der Waals surface area contributed by atoms with Gasteiger partial charge in [-0.25, -0.2) is 13.8 Å². The van der Waals surface area contributed by atoms with Crippen LogP contribution in [0.4, 0.5) is 14.5 Å². The van der Waals surface area contributed by atoms with Gasteiger partial charge < -0.3 is 14.9 Å². The molecule has 0 fully saturated rings. The maximum atomic E-state index is 13.5. The third kappa shape index (κ3) is 2.75. The number of hydrogen-bond donors (Lipinski definition) is 1. The van der Waals surface area contributed by atoms with Gasteiger partial charge in [-0.05, 0) is 53.6 Å². The number of nitrogens with two attached hydrogens (primary N) is 1. The average molecular weight is 352 g/mol. The van der Waals surface area contributed by atoms with E-state index in [0.717, 1.165) is 12.1 Å². The van der Waals surface area contributed by atoms with E-state index in [9.17, 15) is 8.78 Å². The Hall–Kier alpha value is -3.41. The van der Waals surface area contributed by atoms with Crippen molar-refractivity contribution in [2.24, 2.45) is 0 Å². The first kappa shape index (κ1) is 16.1. The van der Waals surface area contributed by atoms with Crippen LogP contribution in [-0.4, -0.2) is 12.1 Å². The number of hydrogen-bond acceptors (Lipinski definition) is 4. The summed E-state index contributed by atoms with van der Waals surface area (Å²) in [6.45, 7) is 0. The van der Waals surface area contributed by atoms with Gasteiger partial charge in [0.25, 0.3) is 0 Å². The first-order valence-corrected chi connectivity index (χ1v) is 7.85. The van der Waals surface area contributed by atoms with Gasteiger partial charge in [0.2, 0.25) is 5.89 Å². The summed E-state index contributed by atoms with van der Waals surface area (Å²) in [5.74, 6) is -0.782. The molecule has 130 valence electrons. The van der Waals surface area contributed by atoms with E-state index < -0.39 is 11.6 Å². The molecule has 2 N–H and O–H groups in total. The van der Waals surface area contributed by atoms with Crippen LogP contribution in [0.1, 0.15) is 0 Å². The van der Waals surface area contributed by atoms with E-state index in [1.165, 1.54) is 6.07 Å². The Morgan fingerprint density at radius 3 is 2.35 bits per heavy atom. The standard InChI is InChI=1S/C20H14F2N2O2/c1-25-18-6-4-13(9-16(18)23)20-24-17-10-12(3-7-19(17)26-20)11-2-5-14(21)15(22)8-11/h2-10H,23H2,1H3. The maximum Gasteiger partial charge on any atom is 0.227 e. The van der Waals surface area contributed by atoms with E-state index in [-0.39, 0.29) is 0 Å². The van der Waals surface area contributed by atoms with Crippen molar-refractivity contribution < 1.29 is 17.9 Å². The van der Waals surface area contributed by atoms with Crippen LogP contribution in [0.15, 0.2) is 59.0 Å². The molecule has 0 aliphatic heterocycles. The van der Waals surface area contributed by atoms with Gasteiger partial charge in [-0.2, -0.15) is 0 Å². The van der Waals surface area contributed by atoms with Crippen molar-refractivity contribution in [2.75, 3.05) is 12.8 Å². The number of nitrogen functional groups attached to an aromatic ring is 1. The van der Waals surface area contributed by atoms with Crippen molar-refractivity contribution >= 4 is 16.8 Å². The van der Waals surface area contributed by atoms with Crippen LogP contribution < -0.4 is 10.5 Å². The largest absolute Gasteiger partial charge is 0.495 e. The second-order valence-corrected chi connectivity index (χ2v) is 5.79. The zero-order valence-corrected chi connectivity index (χ0v) is 13.8. The zero-order valence-electron chi connectivity index (χ0n) is 13.8. The topological polar surface area (TPSA) is 61.3 Å². The molecule has 0 aliphatic carbocycles. The van der Waals surface area contributed by atoms with Gasteiger partial charge in [0, 0.05) is 5.56 Å². The lowest BCUT2D eigenvalue weighted by atomic mass is 10.1. The van der Waals surface area contributed by atoms with Gasteiger partial charge >= 0.3 is 0 Å². The minimum atomic E-state index is -0.892. The average Bonchev–Trinajstić information content (AvgIpc) is 3.07. The second kappa shape index (κ2) is 6.15. The Kier molecular flexibility index (Phi) is 3.80. The zero-order chi connectivity index (χ0) is 18.3. The van der Waals surface area contributed by atoms with Crippen molar-refractivity contribution in [3.8, 4) is 28.3 Å². The van der Waals surface area contributed by atoms with Crippen LogP contribution in [0.5, 0.6) is 5.75 Å². The van der Waals surface area contributed by atoms with Crippen molar-refractivity contribution in [3.05, 3.63) is 66.2 Å². The molecule has 3 aromatic carbocycles. The number of aromatic nitrogens is 1. The van der Waals surface area contributed by atoms with Gasteiger partial charge in [-0.15, -0.1) is 0 Å². The van der Waals surface area contributed by atoms with Crippen LogP contribution in [0.2, 0.25) is 0 Å². The van der Waals surface area contributed by atoms with E-state index in [1.807, 2.05) is 0 Å². The van der Waals surface area contributed by atoms with E-state index >= 15 is 0 Å². The Balaban J connectivity index is 1.76. The van der Waals surface area contributed by atoms with Crippen LogP contribution in [0, 0.1) is 11.6 Å². The normalized spacial score (nSPS) is 11.0. The molecular formula is C20H14F2N2O2. The molecule has 4 nitrogen and oxygen atoms in total. The van der Waals surface area contributed by atoms with E-state index in [2.05, 4.69) is 4.98 Å². The number of halogens is 2. The lowest BCUT2D eigenvalue weighted by Crippen LogP contribution is -1.92. The molecule has 0 saturated carbocycles. The van der Waals surface area contributed by atoms with Crippen molar-refractivity contribution in [2.45, 2.75) is 0 Å². The minimum absolute atomic E-state index is 0.414. The number of rotatable bonds is 3. The SMILES string of the molecule is COc1ccc(-c2nc3cc(-c4ccc(F)c(F)c4)ccc3o2)cc1N. The molecule has 0 amide bonds. The number of oxazole rings is 1. The number of fused-ring (bicyclic) bond motifs is 1. The highest BCUT2D eigenvalue weighted by Gasteiger charge is 2.12. The summed E-state index contributed by atoms with van der Waals surface area (Å²) in [6.07, 6.45) is 0. The van der Waals surface area contributed by atoms with E-state index in [1.54, 1.807) is 43.5 Å². The van der Waals surface area contributed by atoms with E-state index in [4.69, 9.17) is 14.9 Å². The van der Waals surface area contributed by atoms with Gasteiger partial charge in [0.15, 0.2) is 17.2 Å².